The number of aromatic nitrogens is 3. The highest BCUT2D eigenvalue weighted by Crippen LogP contribution is 2.39. The van der Waals surface area contributed by atoms with Crippen molar-refractivity contribution in [2.45, 2.75) is 86.6 Å². The first-order valence-corrected chi connectivity index (χ1v) is 9.52. The molecule has 0 fully saturated rings. The lowest BCUT2D eigenvalue weighted by molar-refractivity contribution is 0.178. The maximum absolute atomic E-state index is 5.91. The molecule has 6 nitrogen and oxygen atoms in total. The summed E-state index contributed by atoms with van der Waals surface area (Å²) < 4.78 is 0. The van der Waals surface area contributed by atoms with Crippen LogP contribution in [0.4, 0.5) is 17.8 Å². The van der Waals surface area contributed by atoms with E-state index in [1.807, 2.05) is 0 Å². The third kappa shape index (κ3) is 5.72. The Morgan fingerprint density at radius 1 is 0.880 bits per heavy atom. The van der Waals surface area contributed by atoms with E-state index in [9.17, 15) is 0 Å². The van der Waals surface area contributed by atoms with Crippen LogP contribution in [0.1, 0.15) is 81.1 Å². The fourth-order valence-electron chi connectivity index (χ4n) is 3.18. The Kier molecular flexibility index (Phi) is 7.03. The van der Waals surface area contributed by atoms with Crippen molar-refractivity contribution in [3.05, 3.63) is 0 Å². The van der Waals surface area contributed by atoms with Crippen LogP contribution in [0.15, 0.2) is 0 Å². The van der Waals surface area contributed by atoms with E-state index in [-0.39, 0.29) is 22.3 Å². The number of nitrogen functional groups attached to an aromatic ring is 1. The van der Waals surface area contributed by atoms with Crippen molar-refractivity contribution in [3.8, 4) is 0 Å². The van der Waals surface area contributed by atoms with E-state index < -0.39 is 0 Å². The van der Waals surface area contributed by atoms with E-state index in [1.165, 1.54) is 0 Å². The summed E-state index contributed by atoms with van der Waals surface area (Å²) in [4.78, 5) is 13.1. The molecule has 0 saturated carbocycles. The highest BCUT2D eigenvalue weighted by atomic mass is 15.3. The van der Waals surface area contributed by atoms with Gasteiger partial charge in [0, 0.05) is 12.1 Å². The van der Waals surface area contributed by atoms with Crippen LogP contribution >= 0.6 is 0 Å². The van der Waals surface area contributed by atoms with Crippen LogP contribution in [-0.4, -0.2) is 27.0 Å². The highest BCUT2D eigenvalue weighted by Gasteiger charge is 2.38. The van der Waals surface area contributed by atoms with Gasteiger partial charge >= 0.3 is 0 Å². The SMILES string of the molecule is CCCC(C)(C)CNc1nc(N)nc(NC(C)(C)C(C)(CC)CC)n1. The molecule has 0 aliphatic rings. The fourth-order valence-corrected chi connectivity index (χ4v) is 3.18. The summed E-state index contributed by atoms with van der Waals surface area (Å²) in [5.74, 6) is 1.30. The first-order chi connectivity index (χ1) is 11.5. The van der Waals surface area contributed by atoms with Crippen LogP contribution in [0.25, 0.3) is 0 Å². The van der Waals surface area contributed by atoms with E-state index in [0.717, 1.165) is 32.2 Å². The molecule has 0 atom stereocenters. The van der Waals surface area contributed by atoms with Gasteiger partial charge in [0.1, 0.15) is 0 Å². The minimum Gasteiger partial charge on any atom is -0.368 e. The zero-order valence-corrected chi connectivity index (χ0v) is 17.5. The molecule has 0 unspecified atom stereocenters. The van der Waals surface area contributed by atoms with E-state index in [2.05, 4.69) is 81.0 Å². The van der Waals surface area contributed by atoms with Crippen molar-refractivity contribution < 1.29 is 0 Å². The van der Waals surface area contributed by atoms with Gasteiger partial charge in [0.15, 0.2) is 0 Å². The molecule has 0 bridgehead atoms. The van der Waals surface area contributed by atoms with Gasteiger partial charge in [-0.05, 0) is 43.9 Å². The molecule has 1 heterocycles. The van der Waals surface area contributed by atoms with Crippen LogP contribution in [0.5, 0.6) is 0 Å². The summed E-state index contributed by atoms with van der Waals surface area (Å²) in [5, 5.41) is 6.80. The highest BCUT2D eigenvalue weighted by molar-refractivity contribution is 5.42. The second-order valence-corrected chi connectivity index (χ2v) is 8.63. The first kappa shape index (κ1) is 21.5. The Labute approximate surface area is 153 Å². The summed E-state index contributed by atoms with van der Waals surface area (Å²) in [6.07, 6.45) is 4.44. The van der Waals surface area contributed by atoms with Gasteiger partial charge in [-0.25, -0.2) is 0 Å². The molecular formula is C19H38N6. The van der Waals surface area contributed by atoms with Gasteiger partial charge in [-0.15, -0.1) is 0 Å². The average Bonchev–Trinajstić information content (AvgIpc) is 2.51. The number of nitrogens with zero attached hydrogens (tertiary/aromatic N) is 3. The molecule has 144 valence electrons. The number of nitrogens with one attached hydrogen (secondary N) is 2. The molecule has 0 saturated heterocycles. The van der Waals surface area contributed by atoms with Crippen molar-refractivity contribution in [1.82, 2.24) is 15.0 Å². The molecule has 0 radical (unpaired) electrons. The lowest BCUT2D eigenvalue weighted by Crippen LogP contribution is -2.47. The molecule has 1 rings (SSSR count). The van der Waals surface area contributed by atoms with E-state index in [1.54, 1.807) is 0 Å². The van der Waals surface area contributed by atoms with Gasteiger partial charge in [0.05, 0.1) is 0 Å². The maximum Gasteiger partial charge on any atom is 0.229 e. The molecule has 0 aliphatic heterocycles. The van der Waals surface area contributed by atoms with Crippen molar-refractivity contribution in [2.75, 3.05) is 22.9 Å². The van der Waals surface area contributed by atoms with Gasteiger partial charge in [-0.1, -0.05) is 48.0 Å². The zero-order chi connectivity index (χ0) is 19.3. The van der Waals surface area contributed by atoms with Crippen molar-refractivity contribution in [1.29, 1.82) is 0 Å². The predicted octanol–water partition coefficient (Wildman–Crippen LogP) is 4.71. The number of anilines is 3. The maximum atomic E-state index is 5.91. The Morgan fingerprint density at radius 2 is 1.44 bits per heavy atom. The Bertz CT molecular complexity index is 549. The largest absolute Gasteiger partial charge is 0.368 e. The molecule has 4 N–H and O–H groups in total. The van der Waals surface area contributed by atoms with E-state index in [0.29, 0.717) is 11.9 Å². The third-order valence-corrected chi connectivity index (χ3v) is 5.80. The van der Waals surface area contributed by atoms with Gasteiger partial charge < -0.3 is 16.4 Å². The Hall–Kier alpha value is -1.59. The lowest BCUT2D eigenvalue weighted by Gasteiger charge is -2.44. The second-order valence-electron chi connectivity index (χ2n) is 8.63. The average molecular weight is 351 g/mol. The van der Waals surface area contributed by atoms with Crippen LogP contribution in [-0.2, 0) is 0 Å². The summed E-state index contributed by atoms with van der Waals surface area (Å²) in [7, 11) is 0. The molecule has 0 amide bonds. The molecular weight excluding hydrogens is 312 g/mol. The van der Waals surface area contributed by atoms with Crippen LogP contribution in [0.2, 0.25) is 0 Å². The van der Waals surface area contributed by atoms with Crippen LogP contribution in [0.3, 0.4) is 0 Å². The monoisotopic (exact) mass is 350 g/mol. The molecule has 25 heavy (non-hydrogen) atoms. The quantitative estimate of drug-likeness (QED) is 0.566. The first-order valence-electron chi connectivity index (χ1n) is 9.52. The minimum atomic E-state index is -0.164. The summed E-state index contributed by atoms with van der Waals surface area (Å²) in [6.45, 7) is 18.6. The Balaban J connectivity index is 2.94. The molecule has 0 aliphatic carbocycles. The molecule has 6 heteroatoms. The van der Waals surface area contributed by atoms with Gasteiger partial charge in [-0.2, -0.15) is 15.0 Å². The Morgan fingerprint density at radius 3 is 1.96 bits per heavy atom. The molecule has 0 spiro atoms. The van der Waals surface area contributed by atoms with E-state index in [4.69, 9.17) is 5.73 Å². The molecule has 1 aromatic heterocycles. The van der Waals surface area contributed by atoms with Gasteiger partial charge in [0.2, 0.25) is 17.8 Å². The second kappa shape index (κ2) is 8.19. The number of rotatable bonds is 10. The van der Waals surface area contributed by atoms with Gasteiger partial charge in [-0.3, -0.25) is 0 Å². The van der Waals surface area contributed by atoms with Crippen molar-refractivity contribution in [3.63, 3.8) is 0 Å². The lowest BCUT2D eigenvalue weighted by atomic mass is 9.69. The number of hydrogen-bond donors (Lipinski definition) is 3. The van der Waals surface area contributed by atoms with E-state index >= 15 is 0 Å². The topological polar surface area (TPSA) is 88.8 Å². The standard InChI is InChI=1S/C19H38N6/c1-9-12-17(4,5)13-21-15-22-14(20)23-16(24-15)25-18(6,7)19(8,10-2)11-3/h9-13H2,1-8H3,(H4,20,21,22,23,24,25). The summed E-state index contributed by atoms with van der Waals surface area (Å²) >= 11 is 0. The molecule has 0 aromatic carbocycles. The molecule has 1 aromatic rings. The van der Waals surface area contributed by atoms with Crippen LogP contribution < -0.4 is 16.4 Å². The zero-order valence-electron chi connectivity index (χ0n) is 17.5. The van der Waals surface area contributed by atoms with Crippen molar-refractivity contribution in [2.24, 2.45) is 10.8 Å². The minimum absolute atomic E-state index is 0.130. The predicted molar refractivity (Wildman–Crippen MR) is 108 cm³/mol. The third-order valence-electron chi connectivity index (χ3n) is 5.80. The number of hydrogen-bond acceptors (Lipinski definition) is 6. The van der Waals surface area contributed by atoms with Gasteiger partial charge in [0.25, 0.3) is 0 Å². The summed E-state index contributed by atoms with van der Waals surface area (Å²) in [6, 6.07) is 0. The van der Waals surface area contributed by atoms with Crippen molar-refractivity contribution >= 4 is 17.8 Å². The number of nitrogens with two attached hydrogens (primary N) is 1. The normalized spacial score (nSPS) is 13.0. The van der Waals surface area contributed by atoms with Crippen LogP contribution in [0, 0.1) is 10.8 Å². The fraction of sp³-hybridized carbons (Fsp3) is 0.842. The summed E-state index contributed by atoms with van der Waals surface area (Å²) in [5.41, 5.74) is 6.06. The smallest absolute Gasteiger partial charge is 0.229 e.